The van der Waals surface area contributed by atoms with Gasteiger partial charge in [0.05, 0.1) is 0 Å². The largest absolute Gasteiger partial charge is 0.429 e. The van der Waals surface area contributed by atoms with Gasteiger partial charge in [0.25, 0.3) is 6.47 Å². The second kappa shape index (κ2) is 9.62. The number of carbonyl (C=O) groups excluding carboxylic acids is 1. The summed E-state index contributed by atoms with van der Waals surface area (Å²) in [6.07, 6.45) is 0. The van der Waals surface area contributed by atoms with Crippen molar-refractivity contribution in [3.05, 3.63) is 29.8 Å². The highest BCUT2D eigenvalue weighted by Crippen LogP contribution is 2.21. The van der Waals surface area contributed by atoms with Crippen molar-refractivity contribution >= 4 is 6.47 Å². The molecule has 1 aromatic rings. The van der Waals surface area contributed by atoms with Gasteiger partial charge in [0, 0.05) is 6.04 Å². The zero-order valence-electron chi connectivity index (χ0n) is 11.9. The van der Waals surface area contributed by atoms with Crippen LogP contribution in [0.3, 0.4) is 0 Å². The van der Waals surface area contributed by atoms with Gasteiger partial charge in [-0.15, -0.1) is 0 Å². The molecular formula is C14H24N2O2. The van der Waals surface area contributed by atoms with E-state index in [1.54, 1.807) is 6.07 Å². The van der Waals surface area contributed by atoms with Crippen molar-refractivity contribution in [3.63, 3.8) is 0 Å². The Labute approximate surface area is 110 Å². The molecule has 18 heavy (non-hydrogen) atoms. The maximum absolute atomic E-state index is 10.2. The summed E-state index contributed by atoms with van der Waals surface area (Å²) in [7, 11) is 5.95. The number of hydrogen-bond donors (Lipinski definition) is 1. The van der Waals surface area contributed by atoms with Crippen LogP contribution in [0.5, 0.6) is 5.75 Å². The molecule has 4 nitrogen and oxygen atoms in total. The zero-order valence-corrected chi connectivity index (χ0v) is 11.9. The Hall–Kier alpha value is -1.39. The zero-order chi connectivity index (χ0) is 14.0. The molecule has 1 unspecified atom stereocenters. The lowest BCUT2D eigenvalue weighted by Crippen LogP contribution is -2.16. The highest BCUT2D eigenvalue weighted by molar-refractivity contribution is 5.45. The molecule has 4 heteroatoms. The van der Waals surface area contributed by atoms with E-state index in [0.29, 0.717) is 18.3 Å². The van der Waals surface area contributed by atoms with Crippen molar-refractivity contribution in [1.82, 2.24) is 10.2 Å². The highest BCUT2D eigenvalue weighted by atomic mass is 16.5. The fourth-order valence-corrected chi connectivity index (χ4v) is 1.20. The molecular weight excluding hydrogens is 228 g/mol. The van der Waals surface area contributed by atoms with E-state index in [9.17, 15) is 4.79 Å². The Bertz CT molecular complexity index is 338. The molecule has 0 spiro atoms. The van der Waals surface area contributed by atoms with E-state index in [1.807, 2.05) is 39.3 Å². The predicted octanol–water partition coefficient (Wildman–Crippen LogP) is 2.07. The third kappa shape index (κ3) is 6.37. The van der Waals surface area contributed by atoms with Crippen molar-refractivity contribution in [1.29, 1.82) is 0 Å². The van der Waals surface area contributed by atoms with Crippen molar-refractivity contribution in [3.8, 4) is 5.75 Å². The third-order valence-electron chi connectivity index (χ3n) is 2.65. The maximum Gasteiger partial charge on any atom is 0.298 e. The molecule has 0 saturated carbocycles. The molecule has 0 fully saturated rings. The number of ether oxygens (including phenoxy) is 1. The van der Waals surface area contributed by atoms with E-state index in [4.69, 9.17) is 4.74 Å². The summed E-state index contributed by atoms with van der Waals surface area (Å²) < 4.78 is 4.78. The molecule has 0 aliphatic heterocycles. The number of benzene rings is 1. The summed E-state index contributed by atoms with van der Waals surface area (Å²) in [5, 5.41) is 2.93. The van der Waals surface area contributed by atoms with Crippen LogP contribution in [0.1, 0.15) is 25.5 Å². The Balaban J connectivity index is 0.000000631. The van der Waals surface area contributed by atoms with E-state index in [0.717, 1.165) is 12.1 Å². The van der Waals surface area contributed by atoms with Gasteiger partial charge < -0.3 is 15.0 Å². The molecule has 0 amide bonds. The normalized spacial score (nSPS) is 11.4. The number of carbonyl (C=O) groups is 1. The minimum atomic E-state index is 0.310. The lowest BCUT2D eigenvalue weighted by atomic mass is 10.1. The third-order valence-corrected chi connectivity index (χ3v) is 2.65. The lowest BCUT2D eigenvalue weighted by molar-refractivity contribution is -0.120. The van der Waals surface area contributed by atoms with E-state index in [2.05, 4.69) is 24.1 Å². The summed E-state index contributed by atoms with van der Waals surface area (Å²) in [5.74, 6) is 0.589. The first-order chi connectivity index (χ1) is 8.56. The molecule has 1 aromatic carbocycles. The van der Waals surface area contributed by atoms with Crippen LogP contribution >= 0.6 is 0 Å². The number of nitrogens with zero attached hydrogens (tertiary/aromatic N) is 1. The van der Waals surface area contributed by atoms with Crippen LogP contribution in [-0.4, -0.2) is 39.1 Å². The van der Waals surface area contributed by atoms with Crippen LogP contribution in [0.25, 0.3) is 0 Å². The van der Waals surface area contributed by atoms with E-state index in [-0.39, 0.29) is 0 Å². The molecule has 0 aliphatic rings. The first-order valence-corrected chi connectivity index (χ1v) is 6.08. The van der Waals surface area contributed by atoms with Gasteiger partial charge in [-0.25, -0.2) is 0 Å². The van der Waals surface area contributed by atoms with Crippen LogP contribution in [0, 0.1) is 0 Å². The number of nitrogens with one attached hydrogen (secondary N) is 1. The minimum Gasteiger partial charge on any atom is -0.429 e. The summed E-state index contributed by atoms with van der Waals surface area (Å²) in [6, 6.07) is 7.85. The molecule has 1 atom stereocenters. The Morgan fingerprint density at radius 1 is 1.44 bits per heavy atom. The average Bonchev–Trinajstić information content (AvgIpc) is 2.39. The van der Waals surface area contributed by atoms with Gasteiger partial charge in [-0.2, -0.15) is 0 Å². The first-order valence-electron chi connectivity index (χ1n) is 6.08. The van der Waals surface area contributed by atoms with Crippen molar-refractivity contribution < 1.29 is 9.53 Å². The van der Waals surface area contributed by atoms with Crippen LogP contribution in [0.4, 0.5) is 0 Å². The standard InChI is InChI=1S/C11H15NO2.C3H9N/c1-9(12(2)3)10-5-4-6-11(7-10)14-8-13;1-3-4-2/h4-9H,1-3H3;4H,3H2,1-2H3. The van der Waals surface area contributed by atoms with Gasteiger partial charge in [0.15, 0.2) is 0 Å². The quantitative estimate of drug-likeness (QED) is 0.815. The monoisotopic (exact) mass is 252 g/mol. The SMILES string of the molecule is CC(c1cccc(OC=O)c1)N(C)C.CCNC. The summed E-state index contributed by atoms with van der Waals surface area (Å²) >= 11 is 0. The molecule has 0 aliphatic carbocycles. The average molecular weight is 252 g/mol. The van der Waals surface area contributed by atoms with Crippen molar-refractivity contribution in [2.45, 2.75) is 19.9 Å². The molecule has 1 rings (SSSR count). The van der Waals surface area contributed by atoms with Crippen LogP contribution in [0.2, 0.25) is 0 Å². The second-order valence-electron chi connectivity index (χ2n) is 4.13. The number of rotatable bonds is 5. The Morgan fingerprint density at radius 3 is 2.50 bits per heavy atom. The van der Waals surface area contributed by atoms with E-state index in [1.165, 1.54) is 0 Å². The topological polar surface area (TPSA) is 41.6 Å². The Morgan fingerprint density at radius 2 is 2.06 bits per heavy atom. The lowest BCUT2D eigenvalue weighted by Gasteiger charge is -2.20. The molecule has 0 aromatic heterocycles. The second-order valence-corrected chi connectivity index (χ2v) is 4.13. The van der Waals surface area contributed by atoms with Gasteiger partial charge in [-0.05, 0) is 52.3 Å². The fraction of sp³-hybridized carbons (Fsp3) is 0.500. The Kier molecular flexibility index (Phi) is 8.88. The van der Waals surface area contributed by atoms with Gasteiger partial charge in [0.1, 0.15) is 5.75 Å². The van der Waals surface area contributed by atoms with Gasteiger partial charge in [0.2, 0.25) is 0 Å². The van der Waals surface area contributed by atoms with Crippen LogP contribution < -0.4 is 10.1 Å². The predicted molar refractivity (Wildman–Crippen MR) is 74.8 cm³/mol. The van der Waals surface area contributed by atoms with Crippen molar-refractivity contribution in [2.75, 3.05) is 27.7 Å². The first kappa shape index (κ1) is 16.6. The maximum atomic E-state index is 10.2. The minimum absolute atomic E-state index is 0.310. The van der Waals surface area contributed by atoms with E-state index >= 15 is 0 Å². The van der Waals surface area contributed by atoms with Gasteiger partial charge in [-0.3, -0.25) is 4.79 Å². The van der Waals surface area contributed by atoms with Crippen LogP contribution in [0.15, 0.2) is 24.3 Å². The number of hydrogen-bond acceptors (Lipinski definition) is 4. The summed E-state index contributed by atoms with van der Waals surface area (Å²) in [5.41, 5.74) is 1.13. The summed E-state index contributed by atoms with van der Waals surface area (Å²) in [6.45, 7) is 5.68. The summed E-state index contributed by atoms with van der Waals surface area (Å²) in [4.78, 5) is 12.3. The van der Waals surface area contributed by atoms with Crippen LogP contribution in [-0.2, 0) is 4.79 Å². The molecule has 0 saturated heterocycles. The molecule has 102 valence electrons. The fourth-order valence-electron chi connectivity index (χ4n) is 1.20. The molecule has 0 heterocycles. The van der Waals surface area contributed by atoms with Crippen molar-refractivity contribution in [2.24, 2.45) is 0 Å². The van der Waals surface area contributed by atoms with Gasteiger partial charge in [-0.1, -0.05) is 19.1 Å². The molecule has 0 radical (unpaired) electrons. The smallest absolute Gasteiger partial charge is 0.298 e. The van der Waals surface area contributed by atoms with E-state index < -0.39 is 0 Å². The van der Waals surface area contributed by atoms with Gasteiger partial charge >= 0.3 is 0 Å². The molecule has 1 N–H and O–H groups in total. The molecule has 0 bridgehead atoms. The highest BCUT2D eigenvalue weighted by Gasteiger charge is 2.07.